The third-order valence-corrected chi connectivity index (χ3v) is 0. The van der Waals surface area contributed by atoms with Gasteiger partial charge in [0.2, 0.25) is 0 Å². The third-order valence-electron chi connectivity index (χ3n) is 0. The maximum Gasteiger partial charge on any atom is 0 e. The Morgan fingerprint density at radius 1 is 1.00 bits per heavy atom. The van der Waals surface area contributed by atoms with Crippen molar-refractivity contribution in [2.75, 3.05) is 0 Å². The fourth-order valence-corrected chi connectivity index (χ4v) is 0. The summed E-state index contributed by atoms with van der Waals surface area (Å²) in [5, 5.41) is 0. The van der Waals surface area contributed by atoms with Crippen molar-refractivity contribution < 1.29 is 5.48 Å². The van der Waals surface area contributed by atoms with Crippen LogP contribution in [0.4, 0.5) is 0 Å². The molecule has 0 aromatic heterocycles. The van der Waals surface area contributed by atoms with E-state index in [0.29, 0.717) is 0 Å². The Kier molecular flexibility index (Phi) is 273. The molecular weight excluding hydrogens is 264 g/mol. The van der Waals surface area contributed by atoms with Gasteiger partial charge in [0.05, 0.1) is 0 Å². The van der Waals surface area contributed by atoms with Crippen molar-refractivity contribution in [3.63, 3.8) is 0 Å². The smallest absolute Gasteiger partial charge is 0 e. The molecule has 5 N–H and O–H groups in total. The molecule has 4 heteroatoms. The van der Waals surface area contributed by atoms with E-state index in [4.69, 9.17) is 0 Å². The SMILES string of the molecule is N.O.[In].[Sn]. The molecule has 0 heterocycles. The molecule has 0 saturated heterocycles. The minimum absolute atomic E-state index is 0. The van der Waals surface area contributed by atoms with Gasteiger partial charge in [-0.05, 0) is 0 Å². The van der Waals surface area contributed by atoms with Crippen LogP contribution >= 0.6 is 0 Å². The van der Waals surface area contributed by atoms with E-state index < -0.39 is 0 Å². The zero-order chi connectivity index (χ0) is 0. The Morgan fingerprint density at radius 3 is 1.00 bits per heavy atom. The van der Waals surface area contributed by atoms with Gasteiger partial charge in [0, 0.05) is 49.8 Å². The molecule has 0 aromatic carbocycles. The van der Waals surface area contributed by atoms with Crippen LogP contribution in [0.5, 0.6) is 0 Å². The van der Waals surface area contributed by atoms with Gasteiger partial charge in [0.1, 0.15) is 0 Å². The summed E-state index contributed by atoms with van der Waals surface area (Å²) >= 11 is 0. The summed E-state index contributed by atoms with van der Waals surface area (Å²) in [6.07, 6.45) is 0. The second-order valence-corrected chi connectivity index (χ2v) is 0. The molecule has 4 heavy (non-hydrogen) atoms. The Morgan fingerprint density at radius 2 is 1.00 bits per heavy atom. The Bertz CT molecular complexity index is 8.00. The van der Waals surface area contributed by atoms with Crippen LogP contribution in [0.15, 0.2) is 0 Å². The molecule has 23 valence electrons. The Hall–Kier alpha value is 1.59. The summed E-state index contributed by atoms with van der Waals surface area (Å²) in [6, 6.07) is 0. The van der Waals surface area contributed by atoms with E-state index in [9.17, 15) is 0 Å². The average Bonchev–Trinajstić information content (AvgIpc) is 0. The summed E-state index contributed by atoms with van der Waals surface area (Å²) in [7, 11) is 0. The van der Waals surface area contributed by atoms with Gasteiger partial charge in [-0.25, -0.2) is 0 Å². The van der Waals surface area contributed by atoms with Gasteiger partial charge >= 0.3 is 0 Å². The van der Waals surface area contributed by atoms with E-state index in [0.717, 1.165) is 0 Å². The van der Waals surface area contributed by atoms with Gasteiger partial charge in [-0.1, -0.05) is 0 Å². The van der Waals surface area contributed by atoms with Crippen molar-refractivity contribution in [3.05, 3.63) is 0 Å². The normalized spacial score (nSPS) is 0. The maximum atomic E-state index is 0. The minimum Gasteiger partial charge on any atom is -0.412 e. The predicted octanol–water partition coefficient (Wildman–Crippen LogP) is -1.42. The van der Waals surface area contributed by atoms with Crippen LogP contribution in [0.3, 0.4) is 0 Å². The fraction of sp³-hybridized carbons (Fsp3) is 0. The Labute approximate surface area is 61.0 Å². The predicted molar refractivity (Wildman–Crippen MR) is 20.1 cm³/mol. The summed E-state index contributed by atoms with van der Waals surface area (Å²) in [5.41, 5.74) is 0. The summed E-state index contributed by atoms with van der Waals surface area (Å²) in [6.45, 7) is 0. The molecule has 0 saturated carbocycles. The summed E-state index contributed by atoms with van der Waals surface area (Å²) < 4.78 is 0. The molecule has 2 nitrogen and oxygen atoms in total. The van der Waals surface area contributed by atoms with Crippen molar-refractivity contribution in [1.29, 1.82) is 0 Å². The molecule has 0 aromatic rings. The quantitative estimate of drug-likeness (QED) is 0.538. The van der Waals surface area contributed by atoms with Crippen LogP contribution in [0.25, 0.3) is 0 Å². The second kappa shape index (κ2) is 23.4. The van der Waals surface area contributed by atoms with Gasteiger partial charge < -0.3 is 11.6 Å². The van der Waals surface area contributed by atoms with E-state index in [1.807, 2.05) is 0 Å². The van der Waals surface area contributed by atoms with E-state index in [1.54, 1.807) is 0 Å². The monoisotopic (exact) mass is 270 g/mol. The van der Waals surface area contributed by atoms with Crippen LogP contribution in [-0.4, -0.2) is 55.2 Å². The molecule has 0 fully saturated rings. The maximum absolute atomic E-state index is 0. The molecule has 0 aliphatic heterocycles. The van der Waals surface area contributed by atoms with Crippen molar-refractivity contribution in [2.24, 2.45) is 0 Å². The Balaban J connectivity index is 0. The molecule has 0 spiro atoms. The van der Waals surface area contributed by atoms with Gasteiger partial charge in [-0.15, -0.1) is 0 Å². The van der Waals surface area contributed by atoms with E-state index in [2.05, 4.69) is 0 Å². The van der Waals surface area contributed by atoms with E-state index in [1.165, 1.54) is 0 Å². The van der Waals surface area contributed by atoms with E-state index in [-0.39, 0.29) is 61.4 Å². The number of rotatable bonds is 0. The van der Waals surface area contributed by atoms with Crippen molar-refractivity contribution in [3.8, 4) is 0 Å². The third kappa shape index (κ3) is 9.53. The fourth-order valence-electron chi connectivity index (χ4n) is 0. The van der Waals surface area contributed by atoms with Crippen LogP contribution in [0.2, 0.25) is 0 Å². The first-order valence-corrected chi connectivity index (χ1v) is 0. The summed E-state index contributed by atoms with van der Waals surface area (Å²) in [4.78, 5) is 0. The van der Waals surface area contributed by atoms with Gasteiger partial charge in [-0.2, -0.15) is 0 Å². The molecule has 0 rings (SSSR count). The molecule has 0 bridgehead atoms. The molecule has 0 amide bonds. The first-order valence-electron chi connectivity index (χ1n) is 0. The van der Waals surface area contributed by atoms with Crippen molar-refractivity contribution in [1.82, 2.24) is 6.15 Å². The van der Waals surface area contributed by atoms with Gasteiger partial charge in [-0.3, -0.25) is 0 Å². The number of hydrogen-bond donors (Lipinski definition) is 1. The standard InChI is InChI=1S/In.H3N.H2O.Sn/h;1H3;1H2;. The molecule has 0 aliphatic carbocycles. The zero-order valence-corrected chi connectivity index (χ0v) is 8.43. The first-order chi connectivity index (χ1) is 0. The van der Waals surface area contributed by atoms with Crippen LogP contribution in [0.1, 0.15) is 0 Å². The van der Waals surface area contributed by atoms with Crippen molar-refractivity contribution in [2.45, 2.75) is 0 Å². The van der Waals surface area contributed by atoms with Crippen LogP contribution < -0.4 is 6.15 Å². The number of hydrogen-bond acceptors (Lipinski definition) is 1. The van der Waals surface area contributed by atoms with E-state index >= 15 is 0 Å². The first kappa shape index (κ1) is 46.6. The summed E-state index contributed by atoms with van der Waals surface area (Å²) in [5.74, 6) is 0. The minimum atomic E-state index is 0. The van der Waals surface area contributed by atoms with Gasteiger partial charge in [0.15, 0.2) is 0 Å². The van der Waals surface area contributed by atoms with Crippen LogP contribution in [-0.2, 0) is 0 Å². The molecular formula is H5InNOSn. The van der Waals surface area contributed by atoms with Crippen LogP contribution in [0, 0.1) is 0 Å². The second-order valence-electron chi connectivity index (χ2n) is 0. The zero-order valence-electron chi connectivity index (χ0n) is 2.28. The molecule has 7 radical (unpaired) electrons. The van der Waals surface area contributed by atoms with Gasteiger partial charge in [0.25, 0.3) is 0 Å². The van der Waals surface area contributed by atoms with Crippen molar-refractivity contribution >= 4 is 49.8 Å². The largest absolute Gasteiger partial charge is 0.412 e. The average molecular weight is 269 g/mol. The molecule has 0 aliphatic rings. The topological polar surface area (TPSA) is 66.5 Å². The molecule has 0 atom stereocenters. The molecule has 0 unspecified atom stereocenters.